The van der Waals surface area contributed by atoms with Crippen LogP contribution < -0.4 is 4.74 Å². The molecule has 0 unspecified atom stereocenters. The lowest BCUT2D eigenvalue weighted by Crippen LogP contribution is -1.92. The van der Waals surface area contributed by atoms with Crippen molar-refractivity contribution in [3.8, 4) is 11.6 Å². The second kappa shape index (κ2) is 4.68. The van der Waals surface area contributed by atoms with E-state index in [4.69, 9.17) is 27.9 Å². The van der Waals surface area contributed by atoms with Gasteiger partial charge in [0.15, 0.2) is 5.15 Å². The number of rotatable bonds is 2. The summed E-state index contributed by atoms with van der Waals surface area (Å²) in [4.78, 5) is 7.86. The summed E-state index contributed by atoms with van der Waals surface area (Å²) in [6.45, 7) is 1.91. The Bertz CT molecular complexity index is 517. The highest BCUT2D eigenvalue weighted by molar-refractivity contribution is 6.31. The molecule has 0 radical (unpaired) electrons. The molecule has 0 bridgehead atoms. The second-order valence-electron chi connectivity index (χ2n) is 3.16. The molecule has 5 heteroatoms. The number of benzene rings is 1. The van der Waals surface area contributed by atoms with Crippen molar-refractivity contribution in [2.24, 2.45) is 0 Å². The maximum atomic E-state index is 5.87. The van der Waals surface area contributed by atoms with Crippen LogP contribution in [0.15, 0.2) is 30.6 Å². The first-order valence-corrected chi connectivity index (χ1v) is 5.33. The summed E-state index contributed by atoms with van der Waals surface area (Å²) in [7, 11) is 0. The molecule has 1 heterocycles. The number of hydrogen-bond acceptors (Lipinski definition) is 3. The maximum Gasteiger partial charge on any atom is 0.257 e. The van der Waals surface area contributed by atoms with E-state index in [0.29, 0.717) is 10.8 Å². The van der Waals surface area contributed by atoms with Gasteiger partial charge in [-0.1, -0.05) is 29.3 Å². The zero-order valence-corrected chi connectivity index (χ0v) is 9.96. The van der Waals surface area contributed by atoms with Gasteiger partial charge >= 0.3 is 0 Å². The summed E-state index contributed by atoms with van der Waals surface area (Å²) in [6.07, 6.45) is 3.01. The molecule has 16 heavy (non-hydrogen) atoms. The van der Waals surface area contributed by atoms with Crippen molar-refractivity contribution in [3.63, 3.8) is 0 Å². The monoisotopic (exact) mass is 254 g/mol. The lowest BCUT2D eigenvalue weighted by molar-refractivity contribution is 0.457. The van der Waals surface area contributed by atoms with Crippen LogP contribution in [0.4, 0.5) is 0 Å². The lowest BCUT2D eigenvalue weighted by Gasteiger charge is -2.08. The zero-order chi connectivity index (χ0) is 11.5. The molecule has 0 aliphatic heterocycles. The third-order valence-electron chi connectivity index (χ3n) is 1.98. The van der Waals surface area contributed by atoms with Crippen LogP contribution in [0.2, 0.25) is 10.2 Å². The Balaban J connectivity index is 2.34. The molecule has 1 aromatic heterocycles. The van der Waals surface area contributed by atoms with E-state index in [9.17, 15) is 0 Å². The molecule has 0 aliphatic rings. The summed E-state index contributed by atoms with van der Waals surface area (Å²) >= 11 is 11.7. The van der Waals surface area contributed by atoms with Gasteiger partial charge < -0.3 is 4.74 Å². The fourth-order valence-electron chi connectivity index (χ4n) is 1.16. The Morgan fingerprint density at radius 2 is 1.88 bits per heavy atom. The Kier molecular flexibility index (Phi) is 3.27. The van der Waals surface area contributed by atoms with E-state index in [1.165, 1.54) is 12.4 Å². The van der Waals surface area contributed by atoms with Crippen molar-refractivity contribution < 1.29 is 4.74 Å². The van der Waals surface area contributed by atoms with E-state index in [0.717, 1.165) is 5.56 Å². The molecular formula is C11H8Cl2N2O. The van der Waals surface area contributed by atoms with Gasteiger partial charge in [-0.2, -0.15) is 0 Å². The van der Waals surface area contributed by atoms with Crippen LogP contribution in [-0.2, 0) is 0 Å². The topological polar surface area (TPSA) is 35.0 Å². The minimum absolute atomic E-state index is 0.224. The number of halogens is 2. The molecule has 0 amide bonds. The van der Waals surface area contributed by atoms with Gasteiger partial charge in [0.25, 0.3) is 5.88 Å². The van der Waals surface area contributed by atoms with E-state index in [1.807, 2.05) is 13.0 Å². The number of aryl methyl sites for hydroxylation is 1. The summed E-state index contributed by atoms with van der Waals surface area (Å²) in [6, 6.07) is 5.37. The van der Waals surface area contributed by atoms with Crippen LogP contribution in [0.1, 0.15) is 5.56 Å². The predicted molar refractivity (Wildman–Crippen MR) is 63.3 cm³/mol. The van der Waals surface area contributed by atoms with Gasteiger partial charge in [-0.3, -0.25) is 0 Å². The van der Waals surface area contributed by atoms with Crippen molar-refractivity contribution in [3.05, 3.63) is 46.3 Å². The molecule has 1 aromatic carbocycles. The molecule has 0 saturated heterocycles. The van der Waals surface area contributed by atoms with Crippen LogP contribution in [0.5, 0.6) is 11.6 Å². The molecule has 0 fully saturated rings. The van der Waals surface area contributed by atoms with Crippen molar-refractivity contribution >= 4 is 23.2 Å². The quantitative estimate of drug-likeness (QED) is 0.816. The van der Waals surface area contributed by atoms with Crippen molar-refractivity contribution in [1.29, 1.82) is 0 Å². The number of hydrogen-bond donors (Lipinski definition) is 0. The first kappa shape index (κ1) is 11.2. The summed E-state index contributed by atoms with van der Waals surface area (Å²) in [5.41, 5.74) is 0.950. The normalized spacial score (nSPS) is 10.2. The van der Waals surface area contributed by atoms with Crippen LogP contribution >= 0.6 is 23.2 Å². The smallest absolute Gasteiger partial charge is 0.257 e. The van der Waals surface area contributed by atoms with E-state index in [2.05, 4.69) is 9.97 Å². The van der Waals surface area contributed by atoms with E-state index >= 15 is 0 Å². The SMILES string of the molecule is Cc1ccc(Cl)cc1Oc1nccnc1Cl. The van der Waals surface area contributed by atoms with E-state index in [1.54, 1.807) is 12.1 Å². The molecule has 0 N–H and O–H groups in total. The third-order valence-corrected chi connectivity index (χ3v) is 2.47. The molecule has 0 aliphatic carbocycles. The Morgan fingerprint density at radius 3 is 2.62 bits per heavy atom. The highest BCUT2D eigenvalue weighted by atomic mass is 35.5. The molecule has 2 rings (SSSR count). The Morgan fingerprint density at radius 1 is 1.12 bits per heavy atom. The fraction of sp³-hybridized carbons (Fsp3) is 0.0909. The van der Waals surface area contributed by atoms with Crippen molar-refractivity contribution in [2.75, 3.05) is 0 Å². The Labute approximate surface area is 103 Å². The largest absolute Gasteiger partial charge is 0.436 e. The molecule has 0 spiro atoms. The van der Waals surface area contributed by atoms with Gasteiger partial charge in [-0.25, -0.2) is 9.97 Å². The van der Waals surface area contributed by atoms with Crippen molar-refractivity contribution in [2.45, 2.75) is 6.92 Å². The molecular weight excluding hydrogens is 247 g/mol. The van der Waals surface area contributed by atoms with Crippen LogP contribution in [0.3, 0.4) is 0 Å². The van der Waals surface area contributed by atoms with E-state index < -0.39 is 0 Å². The van der Waals surface area contributed by atoms with Gasteiger partial charge in [0.05, 0.1) is 0 Å². The van der Waals surface area contributed by atoms with Gasteiger partial charge in [0, 0.05) is 17.4 Å². The highest BCUT2D eigenvalue weighted by Crippen LogP contribution is 2.29. The van der Waals surface area contributed by atoms with Crippen LogP contribution in [0, 0.1) is 6.92 Å². The number of ether oxygens (including phenoxy) is 1. The molecule has 2 aromatic rings. The minimum atomic E-state index is 0.224. The third kappa shape index (κ3) is 2.43. The molecule has 0 atom stereocenters. The molecule has 3 nitrogen and oxygen atoms in total. The number of aromatic nitrogens is 2. The summed E-state index contributed by atoms with van der Waals surface area (Å²) in [5.74, 6) is 0.893. The highest BCUT2D eigenvalue weighted by Gasteiger charge is 2.07. The maximum absolute atomic E-state index is 5.87. The van der Waals surface area contributed by atoms with Gasteiger partial charge in [-0.05, 0) is 24.6 Å². The Hall–Kier alpha value is -1.32. The average Bonchev–Trinajstić information content (AvgIpc) is 2.27. The van der Waals surface area contributed by atoms with Crippen molar-refractivity contribution in [1.82, 2.24) is 9.97 Å². The fourth-order valence-corrected chi connectivity index (χ4v) is 1.47. The molecule has 82 valence electrons. The summed E-state index contributed by atoms with van der Waals surface area (Å²) < 4.78 is 5.53. The lowest BCUT2D eigenvalue weighted by atomic mass is 10.2. The first-order chi connectivity index (χ1) is 7.66. The van der Waals surface area contributed by atoms with Crippen LogP contribution in [-0.4, -0.2) is 9.97 Å². The van der Waals surface area contributed by atoms with Gasteiger partial charge in [-0.15, -0.1) is 0 Å². The minimum Gasteiger partial charge on any atom is -0.436 e. The zero-order valence-electron chi connectivity index (χ0n) is 8.45. The summed E-state index contributed by atoms with van der Waals surface area (Å²) in [5, 5.41) is 0.822. The van der Waals surface area contributed by atoms with Gasteiger partial charge in [0.2, 0.25) is 0 Å². The van der Waals surface area contributed by atoms with Crippen LogP contribution in [0.25, 0.3) is 0 Å². The predicted octanol–water partition coefficient (Wildman–Crippen LogP) is 3.88. The second-order valence-corrected chi connectivity index (χ2v) is 3.96. The number of nitrogens with zero attached hydrogens (tertiary/aromatic N) is 2. The first-order valence-electron chi connectivity index (χ1n) is 4.57. The van der Waals surface area contributed by atoms with Gasteiger partial charge in [0.1, 0.15) is 5.75 Å². The average molecular weight is 255 g/mol. The standard InChI is InChI=1S/C11H8Cl2N2O/c1-7-2-3-8(12)6-9(7)16-11-10(13)14-4-5-15-11/h2-6H,1H3. The van der Waals surface area contributed by atoms with E-state index in [-0.39, 0.29) is 11.0 Å². The molecule has 0 saturated carbocycles.